The van der Waals surface area contributed by atoms with Crippen molar-refractivity contribution in [3.8, 4) is 0 Å². The Kier molecular flexibility index (Phi) is 3.55. The Morgan fingerprint density at radius 1 is 1.42 bits per heavy atom. The molecule has 0 aliphatic heterocycles. The summed E-state index contributed by atoms with van der Waals surface area (Å²) in [5.74, 6) is 0. The van der Waals surface area contributed by atoms with Crippen molar-refractivity contribution in [2.45, 2.75) is 13.5 Å². The highest BCUT2D eigenvalue weighted by Gasteiger charge is 1.90. The second-order valence-electron chi connectivity index (χ2n) is 2.78. The molecule has 0 bridgehead atoms. The standard InChI is InChI=1S/C11H15N/c1-3-5-10-6-4-7-11(8-10)9-12-2/h3-8,12H,9H2,1-2H3/b5-3+. The van der Waals surface area contributed by atoms with E-state index in [2.05, 4.69) is 41.7 Å². The van der Waals surface area contributed by atoms with Crippen LogP contribution in [0.3, 0.4) is 0 Å². The maximum Gasteiger partial charge on any atom is 0.0202 e. The molecule has 0 amide bonds. The fourth-order valence-electron chi connectivity index (χ4n) is 1.20. The van der Waals surface area contributed by atoms with Crippen molar-refractivity contribution in [2.24, 2.45) is 0 Å². The molecule has 0 saturated heterocycles. The largest absolute Gasteiger partial charge is 0.316 e. The van der Waals surface area contributed by atoms with Crippen LogP contribution in [0, 0.1) is 0 Å². The zero-order valence-electron chi connectivity index (χ0n) is 7.67. The van der Waals surface area contributed by atoms with E-state index in [-0.39, 0.29) is 0 Å². The first kappa shape index (κ1) is 9.01. The third-order valence-corrected chi connectivity index (χ3v) is 1.69. The average molecular weight is 161 g/mol. The van der Waals surface area contributed by atoms with E-state index < -0.39 is 0 Å². The van der Waals surface area contributed by atoms with E-state index in [0.29, 0.717) is 0 Å². The Morgan fingerprint density at radius 2 is 2.25 bits per heavy atom. The van der Waals surface area contributed by atoms with E-state index in [1.54, 1.807) is 0 Å². The van der Waals surface area contributed by atoms with Crippen LogP contribution in [0.5, 0.6) is 0 Å². The van der Waals surface area contributed by atoms with Crippen molar-refractivity contribution < 1.29 is 0 Å². The highest BCUT2D eigenvalue weighted by molar-refractivity contribution is 5.49. The van der Waals surface area contributed by atoms with Gasteiger partial charge in [-0.25, -0.2) is 0 Å². The molecule has 1 rings (SSSR count). The summed E-state index contributed by atoms with van der Waals surface area (Å²) in [6, 6.07) is 8.52. The lowest BCUT2D eigenvalue weighted by Gasteiger charge is -2.00. The third-order valence-electron chi connectivity index (χ3n) is 1.69. The molecule has 1 N–H and O–H groups in total. The number of benzene rings is 1. The molecule has 0 aliphatic carbocycles. The molecule has 0 radical (unpaired) electrons. The molecule has 0 aromatic heterocycles. The second kappa shape index (κ2) is 4.73. The minimum absolute atomic E-state index is 0.936. The van der Waals surface area contributed by atoms with Crippen LogP contribution >= 0.6 is 0 Å². The van der Waals surface area contributed by atoms with Crippen LogP contribution in [0.2, 0.25) is 0 Å². The summed E-state index contributed by atoms with van der Waals surface area (Å²) in [5, 5.41) is 3.13. The minimum atomic E-state index is 0.936. The Balaban J connectivity index is 2.80. The lowest BCUT2D eigenvalue weighted by Crippen LogP contribution is -2.04. The van der Waals surface area contributed by atoms with Gasteiger partial charge in [0.15, 0.2) is 0 Å². The van der Waals surface area contributed by atoms with Crippen LogP contribution in [-0.4, -0.2) is 7.05 Å². The van der Waals surface area contributed by atoms with Gasteiger partial charge in [0.1, 0.15) is 0 Å². The van der Waals surface area contributed by atoms with Gasteiger partial charge in [0.25, 0.3) is 0 Å². The van der Waals surface area contributed by atoms with E-state index in [9.17, 15) is 0 Å². The molecule has 12 heavy (non-hydrogen) atoms. The van der Waals surface area contributed by atoms with Crippen LogP contribution in [-0.2, 0) is 6.54 Å². The summed E-state index contributed by atoms with van der Waals surface area (Å²) >= 11 is 0. The summed E-state index contributed by atoms with van der Waals surface area (Å²) < 4.78 is 0. The van der Waals surface area contributed by atoms with Crippen molar-refractivity contribution >= 4 is 6.08 Å². The Labute approximate surface area is 74.1 Å². The van der Waals surface area contributed by atoms with Crippen LogP contribution < -0.4 is 5.32 Å². The van der Waals surface area contributed by atoms with Gasteiger partial charge in [-0.15, -0.1) is 0 Å². The first-order valence-electron chi connectivity index (χ1n) is 4.23. The molecule has 1 aromatic carbocycles. The molecule has 0 atom stereocenters. The monoisotopic (exact) mass is 161 g/mol. The van der Waals surface area contributed by atoms with Crippen molar-refractivity contribution in [3.05, 3.63) is 41.5 Å². The van der Waals surface area contributed by atoms with Gasteiger partial charge in [-0.1, -0.05) is 36.4 Å². The van der Waals surface area contributed by atoms with E-state index >= 15 is 0 Å². The van der Waals surface area contributed by atoms with Gasteiger partial charge in [-0.05, 0) is 25.1 Å². The fraction of sp³-hybridized carbons (Fsp3) is 0.273. The lowest BCUT2D eigenvalue weighted by atomic mass is 10.1. The minimum Gasteiger partial charge on any atom is -0.316 e. The zero-order valence-corrected chi connectivity index (χ0v) is 7.67. The normalized spacial score (nSPS) is 10.8. The smallest absolute Gasteiger partial charge is 0.0202 e. The fourth-order valence-corrected chi connectivity index (χ4v) is 1.20. The molecule has 0 aliphatic rings. The summed E-state index contributed by atoms with van der Waals surface area (Å²) in [5.41, 5.74) is 2.60. The van der Waals surface area contributed by atoms with Gasteiger partial charge >= 0.3 is 0 Å². The Bertz CT molecular complexity index is 263. The van der Waals surface area contributed by atoms with Crippen LogP contribution in [0.25, 0.3) is 6.08 Å². The van der Waals surface area contributed by atoms with E-state index in [1.807, 2.05) is 14.0 Å². The van der Waals surface area contributed by atoms with E-state index in [4.69, 9.17) is 0 Å². The maximum atomic E-state index is 3.13. The molecule has 0 spiro atoms. The van der Waals surface area contributed by atoms with Gasteiger partial charge in [0.2, 0.25) is 0 Å². The molecule has 0 fully saturated rings. The lowest BCUT2D eigenvalue weighted by molar-refractivity contribution is 0.818. The zero-order chi connectivity index (χ0) is 8.81. The number of rotatable bonds is 3. The molecule has 64 valence electrons. The van der Waals surface area contributed by atoms with Crippen LogP contribution in [0.15, 0.2) is 30.3 Å². The molecular formula is C11H15N. The number of nitrogens with one attached hydrogen (secondary N) is 1. The predicted octanol–water partition coefficient (Wildman–Crippen LogP) is 2.44. The number of hydrogen-bond donors (Lipinski definition) is 1. The maximum absolute atomic E-state index is 3.13. The van der Waals surface area contributed by atoms with E-state index in [1.165, 1.54) is 11.1 Å². The summed E-state index contributed by atoms with van der Waals surface area (Å²) in [6.45, 7) is 2.97. The molecule has 1 nitrogen and oxygen atoms in total. The molecule has 0 unspecified atom stereocenters. The first-order valence-corrected chi connectivity index (χ1v) is 4.23. The Morgan fingerprint density at radius 3 is 2.92 bits per heavy atom. The second-order valence-corrected chi connectivity index (χ2v) is 2.78. The van der Waals surface area contributed by atoms with Crippen LogP contribution in [0.1, 0.15) is 18.1 Å². The summed E-state index contributed by atoms with van der Waals surface area (Å²) in [4.78, 5) is 0. The van der Waals surface area contributed by atoms with Gasteiger partial charge in [0.05, 0.1) is 0 Å². The number of allylic oxidation sites excluding steroid dienone is 1. The van der Waals surface area contributed by atoms with Crippen molar-refractivity contribution in [1.82, 2.24) is 5.32 Å². The van der Waals surface area contributed by atoms with Gasteiger partial charge in [-0.3, -0.25) is 0 Å². The van der Waals surface area contributed by atoms with Gasteiger partial charge < -0.3 is 5.32 Å². The van der Waals surface area contributed by atoms with Gasteiger partial charge in [0, 0.05) is 6.54 Å². The molecule has 0 saturated carbocycles. The first-order chi connectivity index (χ1) is 5.86. The van der Waals surface area contributed by atoms with Crippen LogP contribution in [0.4, 0.5) is 0 Å². The number of hydrogen-bond acceptors (Lipinski definition) is 1. The highest BCUT2D eigenvalue weighted by atomic mass is 14.8. The van der Waals surface area contributed by atoms with Gasteiger partial charge in [-0.2, -0.15) is 0 Å². The third kappa shape index (κ3) is 2.51. The molecular weight excluding hydrogens is 146 g/mol. The van der Waals surface area contributed by atoms with Crippen molar-refractivity contribution in [3.63, 3.8) is 0 Å². The van der Waals surface area contributed by atoms with E-state index in [0.717, 1.165) is 6.54 Å². The van der Waals surface area contributed by atoms with Crippen molar-refractivity contribution in [1.29, 1.82) is 0 Å². The highest BCUT2D eigenvalue weighted by Crippen LogP contribution is 2.06. The topological polar surface area (TPSA) is 12.0 Å². The summed E-state index contributed by atoms with van der Waals surface area (Å²) in [7, 11) is 1.96. The summed E-state index contributed by atoms with van der Waals surface area (Å²) in [6.07, 6.45) is 4.16. The molecule has 0 heterocycles. The quantitative estimate of drug-likeness (QED) is 0.718. The van der Waals surface area contributed by atoms with Crippen molar-refractivity contribution in [2.75, 3.05) is 7.05 Å². The SMILES string of the molecule is C/C=C/c1cccc(CNC)c1. The Hall–Kier alpha value is -1.08. The molecule has 1 aromatic rings. The average Bonchev–Trinajstić information content (AvgIpc) is 2.06. The molecule has 1 heteroatoms. The predicted molar refractivity (Wildman–Crippen MR) is 53.9 cm³/mol.